The van der Waals surface area contributed by atoms with Gasteiger partial charge in [0.15, 0.2) is 0 Å². The summed E-state index contributed by atoms with van der Waals surface area (Å²) in [5.74, 6) is 0.0956. The van der Waals surface area contributed by atoms with E-state index in [1.54, 1.807) is 12.1 Å². The van der Waals surface area contributed by atoms with Gasteiger partial charge in [-0.15, -0.1) is 0 Å². The monoisotopic (exact) mass is 359 g/mol. The second kappa shape index (κ2) is 8.31. The van der Waals surface area contributed by atoms with Crippen LogP contribution in [0.1, 0.15) is 31.7 Å². The minimum atomic E-state index is -0.202. The van der Waals surface area contributed by atoms with Gasteiger partial charge in [-0.2, -0.15) is 0 Å². The lowest BCUT2D eigenvalue weighted by molar-refractivity contribution is -0.130. The Labute approximate surface area is 156 Å². The smallest absolute Gasteiger partial charge is 0.222 e. The Hall–Kier alpha value is -1.72. The van der Waals surface area contributed by atoms with Gasteiger partial charge in [0.05, 0.1) is 0 Å². The van der Waals surface area contributed by atoms with Crippen molar-refractivity contribution in [1.82, 2.24) is 14.7 Å². The van der Waals surface area contributed by atoms with Crippen LogP contribution < -0.4 is 0 Å². The number of carbonyl (C=O) groups excluding carboxylic acids is 1. The van der Waals surface area contributed by atoms with Crippen molar-refractivity contribution in [1.29, 1.82) is 0 Å². The summed E-state index contributed by atoms with van der Waals surface area (Å²) < 4.78 is 13.0. The number of likely N-dealkylation sites (N-methyl/N-ethyl adjacent to an activating group) is 1. The van der Waals surface area contributed by atoms with Crippen molar-refractivity contribution in [2.24, 2.45) is 0 Å². The van der Waals surface area contributed by atoms with Crippen molar-refractivity contribution in [3.63, 3.8) is 0 Å². The lowest BCUT2D eigenvalue weighted by atomic mass is 9.86. The van der Waals surface area contributed by atoms with Crippen LogP contribution in [0.15, 0.2) is 30.3 Å². The molecule has 0 radical (unpaired) electrons. The molecule has 142 valence electrons. The molecule has 0 saturated carbocycles. The number of piperazine rings is 1. The molecule has 0 N–H and O–H groups in total. The van der Waals surface area contributed by atoms with Gasteiger partial charge >= 0.3 is 0 Å². The van der Waals surface area contributed by atoms with Crippen molar-refractivity contribution >= 4 is 12.0 Å². The number of amides is 1. The maximum absolute atomic E-state index is 13.0. The third-order valence-corrected chi connectivity index (χ3v) is 6.01. The Balaban J connectivity index is 1.62. The summed E-state index contributed by atoms with van der Waals surface area (Å²) in [6.45, 7) is 7.69. The minimum Gasteiger partial charge on any atom is -0.343 e. The van der Waals surface area contributed by atoms with Gasteiger partial charge in [0, 0.05) is 51.2 Å². The van der Waals surface area contributed by atoms with Crippen LogP contribution in [0.25, 0.3) is 6.08 Å². The van der Waals surface area contributed by atoms with E-state index in [4.69, 9.17) is 0 Å². The molecule has 26 heavy (non-hydrogen) atoms. The van der Waals surface area contributed by atoms with Gasteiger partial charge < -0.3 is 4.90 Å². The lowest BCUT2D eigenvalue weighted by Gasteiger charge is -2.49. The normalized spacial score (nSPS) is 26.0. The van der Waals surface area contributed by atoms with E-state index in [2.05, 4.69) is 35.9 Å². The molecule has 1 spiro atoms. The highest BCUT2D eigenvalue weighted by atomic mass is 19.1. The number of nitrogens with zero attached hydrogens (tertiary/aromatic N) is 3. The second-order valence-electron chi connectivity index (χ2n) is 7.56. The molecule has 2 aliphatic rings. The summed E-state index contributed by atoms with van der Waals surface area (Å²) in [5.41, 5.74) is 1.12. The van der Waals surface area contributed by atoms with Crippen molar-refractivity contribution in [2.75, 3.05) is 46.3 Å². The Bertz CT molecular complexity index is 645. The zero-order chi connectivity index (χ0) is 18.6. The number of carbonyl (C=O) groups is 1. The molecule has 2 aliphatic heterocycles. The maximum Gasteiger partial charge on any atom is 0.222 e. The van der Waals surface area contributed by atoms with Crippen molar-refractivity contribution < 1.29 is 9.18 Å². The van der Waals surface area contributed by atoms with Crippen molar-refractivity contribution in [3.8, 4) is 0 Å². The van der Waals surface area contributed by atoms with E-state index in [1.807, 2.05) is 4.90 Å². The summed E-state index contributed by atoms with van der Waals surface area (Å²) in [5, 5.41) is 0. The van der Waals surface area contributed by atoms with E-state index in [9.17, 15) is 9.18 Å². The van der Waals surface area contributed by atoms with E-state index in [0.717, 1.165) is 57.7 Å². The van der Waals surface area contributed by atoms with Crippen LogP contribution in [0.5, 0.6) is 0 Å². The van der Waals surface area contributed by atoms with Gasteiger partial charge in [-0.05, 0) is 44.5 Å². The van der Waals surface area contributed by atoms with Gasteiger partial charge in [0.25, 0.3) is 0 Å². The topological polar surface area (TPSA) is 26.8 Å². The molecule has 0 aliphatic carbocycles. The van der Waals surface area contributed by atoms with E-state index < -0.39 is 0 Å². The fraction of sp³-hybridized carbons (Fsp3) is 0.571. The van der Waals surface area contributed by atoms with Gasteiger partial charge in [0.1, 0.15) is 5.82 Å². The molecule has 3 rings (SSSR count). The molecule has 0 unspecified atom stereocenters. The maximum atomic E-state index is 13.0. The van der Waals surface area contributed by atoms with Crippen LogP contribution in [0.2, 0.25) is 0 Å². The van der Waals surface area contributed by atoms with E-state index in [0.29, 0.717) is 12.3 Å². The molecule has 4 nitrogen and oxygen atoms in total. The third kappa shape index (κ3) is 4.33. The summed E-state index contributed by atoms with van der Waals surface area (Å²) in [7, 11) is 2.21. The van der Waals surface area contributed by atoms with Crippen LogP contribution in [-0.4, -0.2) is 72.5 Å². The Morgan fingerprint density at radius 2 is 1.92 bits per heavy atom. The highest BCUT2D eigenvalue weighted by Crippen LogP contribution is 2.32. The summed E-state index contributed by atoms with van der Waals surface area (Å²) in [6, 6.07) is 6.58. The standard InChI is InChI=1S/C21H30FN3O/c1-3-25-14-12-21(11-10-20(25)26)17-24(16-15-23(21)2)13-4-5-18-6-8-19(22)9-7-18/h4-9H,3,10-17H2,1-2H3/b5-4+/t21-/m0/s1. The predicted octanol–water partition coefficient (Wildman–Crippen LogP) is 2.86. The fourth-order valence-corrected chi connectivity index (χ4v) is 4.18. The molecular weight excluding hydrogens is 329 g/mol. The summed E-state index contributed by atoms with van der Waals surface area (Å²) in [6.07, 6.45) is 6.85. The van der Waals surface area contributed by atoms with Crippen LogP contribution in [0.3, 0.4) is 0 Å². The second-order valence-corrected chi connectivity index (χ2v) is 7.56. The van der Waals surface area contributed by atoms with Gasteiger partial charge in [0.2, 0.25) is 5.91 Å². The molecule has 2 saturated heterocycles. The quantitative estimate of drug-likeness (QED) is 0.827. The number of hydrogen-bond donors (Lipinski definition) is 0. The largest absolute Gasteiger partial charge is 0.343 e. The molecule has 1 amide bonds. The van der Waals surface area contributed by atoms with Crippen molar-refractivity contribution in [2.45, 2.75) is 31.7 Å². The first-order valence-corrected chi connectivity index (χ1v) is 9.66. The van der Waals surface area contributed by atoms with Gasteiger partial charge in [-0.25, -0.2) is 4.39 Å². The molecule has 1 atom stereocenters. The predicted molar refractivity (Wildman–Crippen MR) is 103 cm³/mol. The molecule has 5 heteroatoms. The number of benzene rings is 1. The fourth-order valence-electron chi connectivity index (χ4n) is 4.18. The molecule has 0 bridgehead atoms. The van der Waals surface area contributed by atoms with Crippen LogP contribution in [0, 0.1) is 5.82 Å². The Kier molecular flexibility index (Phi) is 6.09. The lowest BCUT2D eigenvalue weighted by Crippen LogP contribution is -2.61. The molecule has 1 aromatic carbocycles. The van der Waals surface area contributed by atoms with Gasteiger partial charge in [-0.1, -0.05) is 24.3 Å². The highest BCUT2D eigenvalue weighted by Gasteiger charge is 2.41. The molecule has 1 aromatic rings. The molecular formula is C21H30FN3O. The SMILES string of the molecule is CCN1CC[C@@]2(CCC1=O)CN(C/C=C/c1ccc(F)cc1)CCN2C. The minimum absolute atomic E-state index is 0.0988. The molecule has 2 heterocycles. The highest BCUT2D eigenvalue weighted by molar-refractivity contribution is 5.76. The van der Waals surface area contributed by atoms with E-state index in [1.165, 1.54) is 12.1 Å². The summed E-state index contributed by atoms with van der Waals surface area (Å²) in [4.78, 5) is 19.2. The molecule has 0 aromatic heterocycles. The summed E-state index contributed by atoms with van der Waals surface area (Å²) >= 11 is 0. The molecule has 2 fully saturated rings. The van der Waals surface area contributed by atoms with E-state index >= 15 is 0 Å². The van der Waals surface area contributed by atoms with Crippen LogP contribution in [0.4, 0.5) is 4.39 Å². The van der Waals surface area contributed by atoms with Crippen LogP contribution >= 0.6 is 0 Å². The Morgan fingerprint density at radius 1 is 1.15 bits per heavy atom. The first-order chi connectivity index (χ1) is 12.5. The van der Waals surface area contributed by atoms with Crippen LogP contribution in [-0.2, 0) is 4.79 Å². The van der Waals surface area contributed by atoms with Gasteiger partial charge in [-0.3, -0.25) is 14.6 Å². The number of hydrogen-bond acceptors (Lipinski definition) is 3. The average Bonchev–Trinajstić information content (AvgIpc) is 2.80. The zero-order valence-electron chi connectivity index (χ0n) is 16.0. The average molecular weight is 359 g/mol. The number of rotatable bonds is 4. The van der Waals surface area contributed by atoms with E-state index in [-0.39, 0.29) is 11.4 Å². The Morgan fingerprint density at radius 3 is 2.65 bits per heavy atom. The zero-order valence-corrected chi connectivity index (χ0v) is 16.0. The third-order valence-electron chi connectivity index (χ3n) is 6.01. The first kappa shape index (κ1) is 19.1. The first-order valence-electron chi connectivity index (χ1n) is 9.66. The number of halogens is 1. The van der Waals surface area contributed by atoms with Crippen molar-refractivity contribution in [3.05, 3.63) is 41.7 Å². The number of likely N-dealkylation sites (tertiary alicyclic amines) is 1.